The van der Waals surface area contributed by atoms with Gasteiger partial charge in [-0.05, 0) is 56.8 Å². The van der Waals surface area contributed by atoms with E-state index in [-0.39, 0.29) is 5.92 Å². The van der Waals surface area contributed by atoms with Crippen LogP contribution >= 0.6 is 0 Å². The van der Waals surface area contributed by atoms with Crippen molar-refractivity contribution in [1.82, 2.24) is 0 Å². The number of hydrogen-bond donors (Lipinski definition) is 2. The van der Waals surface area contributed by atoms with Gasteiger partial charge in [0.2, 0.25) is 0 Å². The molecule has 0 bridgehead atoms. The molecular formula is C22H38O4. The van der Waals surface area contributed by atoms with Crippen LogP contribution in [0.3, 0.4) is 0 Å². The van der Waals surface area contributed by atoms with Crippen molar-refractivity contribution in [2.75, 3.05) is 0 Å². The van der Waals surface area contributed by atoms with Gasteiger partial charge in [0.05, 0.1) is 0 Å². The fourth-order valence-electron chi connectivity index (χ4n) is 3.98. The molecule has 2 unspecified atom stereocenters. The first kappa shape index (κ1) is 22.9. The zero-order chi connectivity index (χ0) is 19.4. The molecule has 150 valence electrons. The lowest BCUT2D eigenvalue weighted by Crippen LogP contribution is -2.21. The van der Waals surface area contributed by atoms with Crippen LogP contribution in [-0.2, 0) is 9.59 Å². The highest BCUT2D eigenvalue weighted by Crippen LogP contribution is 2.35. The highest BCUT2D eigenvalue weighted by atomic mass is 16.4. The number of aliphatic hydroxyl groups excluding tert-OH is 1. The number of carboxylic acids is 1. The fourth-order valence-corrected chi connectivity index (χ4v) is 3.98. The Labute approximate surface area is 159 Å². The number of unbranched alkanes of at least 4 members (excludes halogenated alkanes) is 4. The van der Waals surface area contributed by atoms with E-state index in [2.05, 4.69) is 26.0 Å². The van der Waals surface area contributed by atoms with Gasteiger partial charge in [-0.3, -0.25) is 4.79 Å². The van der Waals surface area contributed by atoms with Crippen molar-refractivity contribution in [2.45, 2.75) is 97.0 Å². The van der Waals surface area contributed by atoms with Crippen LogP contribution in [0.2, 0.25) is 0 Å². The second-order valence-corrected chi connectivity index (χ2v) is 7.84. The van der Waals surface area contributed by atoms with Gasteiger partial charge in [0.15, 0.2) is 6.10 Å². The van der Waals surface area contributed by atoms with Crippen LogP contribution in [0.15, 0.2) is 12.2 Å². The van der Waals surface area contributed by atoms with E-state index >= 15 is 0 Å². The maximum Gasteiger partial charge on any atom is 0.332 e. The Balaban J connectivity index is 2.39. The van der Waals surface area contributed by atoms with Gasteiger partial charge in [-0.15, -0.1) is 0 Å². The van der Waals surface area contributed by atoms with Crippen LogP contribution in [0.1, 0.15) is 90.9 Å². The maximum atomic E-state index is 12.3. The Hall–Kier alpha value is -1.16. The minimum atomic E-state index is -1.26. The molecule has 0 radical (unpaired) electrons. The monoisotopic (exact) mass is 366 g/mol. The topological polar surface area (TPSA) is 74.6 Å². The third-order valence-corrected chi connectivity index (χ3v) is 5.86. The second kappa shape index (κ2) is 13.1. The SMILES string of the molecule is CCCCCCC=C[C@H]1CCC(=O)[C@@H]1CCC(CC)CCC(O)C(=O)O. The van der Waals surface area contributed by atoms with Crippen molar-refractivity contribution in [3.8, 4) is 0 Å². The predicted molar refractivity (Wildman–Crippen MR) is 105 cm³/mol. The van der Waals surface area contributed by atoms with E-state index in [1.54, 1.807) is 0 Å². The molecule has 0 heterocycles. The van der Waals surface area contributed by atoms with Crippen molar-refractivity contribution < 1.29 is 19.8 Å². The minimum absolute atomic E-state index is 0.139. The molecule has 0 aromatic carbocycles. The summed E-state index contributed by atoms with van der Waals surface area (Å²) in [6, 6.07) is 0. The van der Waals surface area contributed by atoms with Crippen molar-refractivity contribution in [3.05, 3.63) is 12.2 Å². The zero-order valence-electron chi connectivity index (χ0n) is 16.7. The highest BCUT2D eigenvalue weighted by Gasteiger charge is 2.32. The Morgan fingerprint density at radius 1 is 1.19 bits per heavy atom. The first-order valence-corrected chi connectivity index (χ1v) is 10.6. The summed E-state index contributed by atoms with van der Waals surface area (Å²) in [6.07, 6.45) is 15.0. The van der Waals surface area contributed by atoms with E-state index in [4.69, 9.17) is 5.11 Å². The smallest absolute Gasteiger partial charge is 0.332 e. The maximum absolute atomic E-state index is 12.3. The molecule has 1 aliphatic rings. The lowest BCUT2D eigenvalue weighted by Gasteiger charge is -2.20. The van der Waals surface area contributed by atoms with E-state index < -0.39 is 12.1 Å². The summed E-state index contributed by atoms with van der Waals surface area (Å²) >= 11 is 0. The van der Waals surface area contributed by atoms with Crippen LogP contribution in [0.25, 0.3) is 0 Å². The number of carboxylic acid groups (broad SMARTS) is 1. The predicted octanol–water partition coefficient (Wildman–Crippen LogP) is 5.14. The van der Waals surface area contributed by atoms with Crippen LogP contribution in [0.5, 0.6) is 0 Å². The summed E-state index contributed by atoms with van der Waals surface area (Å²) in [5, 5.41) is 18.2. The quantitative estimate of drug-likeness (QED) is 0.330. The average Bonchev–Trinajstić information content (AvgIpc) is 2.97. The standard InChI is InChI=1S/C22H38O4/c1-3-5-6-7-8-9-10-18-13-16-20(23)19(18)14-11-17(4-2)12-15-21(24)22(25)26/h9-10,17-19,21,24H,3-8,11-16H2,1-2H3,(H,25,26)/t17?,18-,19+,21?/m0/s1. The van der Waals surface area contributed by atoms with Crippen molar-refractivity contribution >= 4 is 11.8 Å². The highest BCUT2D eigenvalue weighted by molar-refractivity contribution is 5.83. The van der Waals surface area contributed by atoms with Gasteiger partial charge in [-0.25, -0.2) is 4.79 Å². The molecule has 0 aliphatic heterocycles. The summed E-state index contributed by atoms with van der Waals surface area (Å²) in [4.78, 5) is 23.0. The van der Waals surface area contributed by atoms with Gasteiger partial charge in [0, 0.05) is 12.3 Å². The van der Waals surface area contributed by atoms with Crippen LogP contribution < -0.4 is 0 Å². The molecule has 1 aliphatic carbocycles. The normalized spacial score (nSPS) is 22.8. The number of carbonyl (C=O) groups is 2. The van der Waals surface area contributed by atoms with E-state index in [0.717, 1.165) is 32.1 Å². The molecule has 4 nitrogen and oxygen atoms in total. The number of hydrogen-bond acceptors (Lipinski definition) is 3. The molecule has 1 fully saturated rings. The average molecular weight is 367 g/mol. The molecule has 0 saturated heterocycles. The molecule has 4 atom stereocenters. The number of ketones is 1. The Kier molecular flexibility index (Phi) is 11.5. The summed E-state index contributed by atoms with van der Waals surface area (Å²) in [6.45, 7) is 4.32. The van der Waals surface area contributed by atoms with Crippen LogP contribution in [0.4, 0.5) is 0 Å². The molecule has 0 amide bonds. The lowest BCUT2D eigenvalue weighted by atomic mass is 9.85. The first-order valence-electron chi connectivity index (χ1n) is 10.6. The van der Waals surface area contributed by atoms with Gasteiger partial charge >= 0.3 is 5.97 Å². The molecule has 4 heteroatoms. The molecule has 0 aromatic heterocycles. The third-order valence-electron chi connectivity index (χ3n) is 5.86. The lowest BCUT2D eigenvalue weighted by molar-refractivity contribution is -0.147. The number of allylic oxidation sites excluding steroid dienone is 2. The van der Waals surface area contributed by atoms with Gasteiger partial charge in [0.25, 0.3) is 0 Å². The molecule has 2 N–H and O–H groups in total. The van der Waals surface area contributed by atoms with E-state index in [9.17, 15) is 14.7 Å². The summed E-state index contributed by atoms with van der Waals surface area (Å²) in [5.74, 6) is 0.160. The zero-order valence-corrected chi connectivity index (χ0v) is 16.7. The molecule has 1 rings (SSSR count). The first-order chi connectivity index (χ1) is 12.5. The number of aliphatic carboxylic acids is 1. The van der Waals surface area contributed by atoms with Crippen molar-refractivity contribution in [1.29, 1.82) is 0 Å². The fraction of sp³-hybridized carbons (Fsp3) is 0.818. The number of aliphatic hydroxyl groups is 1. The van der Waals surface area contributed by atoms with E-state index in [0.29, 0.717) is 36.9 Å². The van der Waals surface area contributed by atoms with Crippen molar-refractivity contribution in [2.24, 2.45) is 17.8 Å². The second-order valence-electron chi connectivity index (χ2n) is 7.84. The number of Topliss-reactive ketones (excluding diaryl/α,β-unsaturated/α-hetero) is 1. The van der Waals surface area contributed by atoms with Crippen LogP contribution in [-0.4, -0.2) is 28.1 Å². The Morgan fingerprint density at radius 2 is 1.96 bits per heavy atom. The Morgan fingerprint density at radius 3 is 2.62 bits per heavy atom. The molecule has 26 heavy (non-hydrogen) atoms. The van der Waals surface area contributed by atoms with E-state index in [1.807, 2.05) is 0 Å². The summed E-state index contributed by atoms with van der Waals surface area (Å²) in [7, 11) is 0. The molecule has 1 saturated carbocycles. The minimum Gasteiger partial charge on any atom is -0.479 e. The van der Waals surface area contributed by atoms with Crippen LogP contribution in [0, 0.1) is 17.8 Å². The van der Waals surface area contributed by atoms with E-state index in [1.165, 1.54) is 25.7 Å². The summed E-state index contributed by atoms with van der Waals surface area (Å²) < 4.78 is 0. The largest absolute Gasteiger partial charge is 0.479 e. The molecule has 0 spiro atoms. The number of carbonyl (C=O) groups excluding carboxylic acids is 1. The van der Waals surface area contributed by atoms with Crippen molar-refractivity contribution in [3.63, 3.8) is 0 Å². The third kappa shape index (κ3) is 8.48. The Bertz CT molecular complexity index is 443. The van der Waals surface area contributed by atoms with Gasteiger partial charge in [-0.2, -0.15) is 0 Å². The van der Waals surface area contributed by atoms with Gasteiger partial charge in [-0.1, -0.05) is 51.7 Å². The van der Waals surface area contributed by atoms with Gasteiger partial charge in [0.1, 0.15) is 5.78 Å². The number of rotatable bonds is 14. The molecular weight excluding hydrogens is 328 g/mol. The summed E-state index contributed by atoms with van der Waals surface area (Å²) in [5.41, 5.74) is 0. The molecule has 0 aromatic rings. The van der Waals surface area contributed by atoms with Gasteiger partial charge < -0.3 is 10.2 Å².